The molecule has 0 spiro atoms. The number of rotatable bonds is 10. The molecule has 0 aliphatic carbocycles. The molecule has 9 nitrogen and oxygen atoms in total. The van der Waals surface area contributed by atoms with Gasteiger partial charge in [0, 0.05) is 24.3 Å². The molecule has 6 rings (SSSR count). The molecule has 252 valence electrons. The molecule has 3 aliphatic rings. The molecule has 3 saturated heterocycles. The zero-order valence-corrected chi connectivity index (χ0v) is 26.2. The largest absolute Gasteiger partial charge is 0.542 e. The Balaban J connectivity index is 0.000000644. The molecule has 1 amide bonds. The monoisotopic (exact) mass is 656 g/mol. The van der Waals surface area contributed by atoms with Gasteiger partial charge in [0.2, 0.25) is 5.60 Å². The van der Waals surface area contributed by atoms with Crippen molar-refractivity contribution in [1.82, 2.24) is 5.32 Å². The number of hydrogen-bond donors (Lipinski definition) is 2. The number of esters is 1. The third kappa shape index (κ3) is 8.89. The van der Waals surface area contributed by atoms with Crippen molar-refractivity contribution in [2.24, 2.45) is 5.92 Å². The lowest BCUT2D eigenvalue weighted by Crippen LogP contribution is -2.66. The molecule has 0 saturated carbocycles. The molecule has 47 heavy (non-hydrogen) atoms. The van der Waals surface area contributed by atoms with E-state index in [2.05, 4.69) is 5.32 Å². The summed E-state index contributed by atoms with van der Waals surface area (Å²) < 4.78 is 44.2. The van der Waals surface area contributed by atoms with Gasteiger partial charge in [-0.3, -0.25) is 4.79 Å². The van der Waals surface area contributed by atoms with Crippen LogP contribution in [-0.2, 0) is 19.9 Å². The molecule has 12 heteroatoms. The summed E-state index contributed by atoms with van der Waals surface area (Å²) in [5, 5.41) is 23.7. The Bertz CT molecular complexity index is 1450. The average Bonchev–Trinajstić information content (AvgIpc) is 3.05. The number of aliphatic hydroxyl groups is 1. The first-order valence-corrected chi connectivity index (χ1v) is 15.5. The highest BCUT2D eigenvalue weighted by atomic mass is 19.4. The third-order valence-electron chi connectivity index (χ3n) is 8.57. The molecule has 3 heterocycles. The van der Waals surface area contributed by atoms with Crippen LogP contribution in [0.3, 0.4) is 0 Å². The highest BCUT2D eigenvalue weighted by Gasteiger charge is 2.50. The molecule has 2 bridgehead atoms. The van der Waals surface area contributed by atoms with Crippen LogP contribution in [0.5, 0.6) is 5.75 Å². The van der Waals surface area contributed by atoms with Crippen LogP contribution in [0, 0.1) is 5.92 Å². The Hall–Kier alpha value is -4.42. The number of carboxylic acid groups (broad SMARTS) is 1. The Morgan fingerprint density at radius 3 is 1.89 bits per heavy atom. The normalized spacial score (nSPS) is 20.5. The number of carbonyl (C=O) groups is 3. The maximum atomic E-state index is 13.7. The number of fused-ring (bicyclic) bond motifs is 3. The summed E-state index contributed by atoms with van der Waals surface area (Å²) in [4.78, 5) is 35.3. The molecule has 3 aromatic rings. The number of aliphatic carboxylic acids is 1. The number of amides is 1. The predicted molar refractivity (Wildman–Crippen MR) is 164 cm³/mol. The van der Waals surface area contributed by atoms with Crippen LogP contribution in [-0.4, -0.2) is 78.5 Å². The zero-order chi connectivity index (χ0) is 34.2. The van der Waals surface area contributed by atoms with Gasteiger partial charge in [0.25, 0.3) is 5.91 Å². The summed E-state index contributed by atoms with van der Waals surface area (Å²) in [6, 6.07) is 25.2. The van der Waals surface area contributed by atoms with E-state index in [1.54, 1.807) is 36.4 Å². The summed E-state index contributed by atoms with van der Waals surface area (Å²) in [5.41, 5.74) is -0.310. The lowest BCUT2D eigenvalue weighted by atomic mass is 9.82. The minimum atomic E-state index is -5.19. The molecule has 3 fully saturated rings. The van der Waals surface area contributed by atoms with Gasteiger partial charge in [-0.1, -0.05) is 60.7 Å². The second kappa shape index (κ2) is 15.0. The molecule has 2 N–H and O–H groups in total. The highest BCUT2D eigenvalue weighted by Crippen LogP contribution is 2.38. The standard InChI is InChI=1S/C33H38N2O5.C2HF3O2/c1-24(2)39-29-15-13-26(14-16-29)31(36)34-19-22-35-20-17-25(18-21-35)30(23-35)40-32(37)33(38,27-9-5-3-6-10-27)28-11-7-4-8-12-28;3-2(4,5)1(6)7/h3-16,24-25,30,38H,17-23H2,1-2H3;(H,6,7)/t25?,30-,35?;/m0./s1. The number of quaternary nitrogens is 1. The molecule has 0 aromatic heterocycles. The Labute approximate surface area is 271 Å². The first kappa shape index (κ1) is 35.4. The number of halogens is 3. The van der Waals surface area contributed by atoms with Crippen molar-refractivity contribution < 1.29 is 51.7 Å². The van der Waals surface area contributed by atoms with Crippen molar-refractivity contribution in [2.45, 2.75) is 50.7 Å². The molecule has 1 atom stereocenters. The van der Waals surface area contributed by atoms with Gasteiger partial charge in [-0.05, 0) is 49.2 Å². The van der Waals surface area contributed by atoms with E-state index < -0.39 is 23.7 Å². The van der Waals surface area contributed by atoms with Crippen molar-refractivity contribution in [2.75, 3.05) is 32.7 Å². The fourth-order valence-electron chi connectivity index (χ4n) is 6.12. The molecule has 3 aliphatic heterocycles. The van der Waals surface area contributed by atoms with Crippen LogP contribution >= 0.6 is 0 Å². The van der Waals surface area contributed by atoms with E-state index in [9.17, 15) is 27.9 Å². The number of nitrogens with one attached hydrogen (secondary N) is 1. The summed E-state index contributed by atoms with van der Waals surface area (Å²) in [5.74, 6) is -2.73. The SMILES string of the molecule is CC(C)Oc1ccc(C(=O)NCC[N+]23CCC(CC2)[C@@H](OC(=O)C(O)(c2ccccc2)c2ccccc2)C3)cc1.O=C([O-])C(F)(F)F. The first-order valence-electron chi connectivity index (χ1n) is 15.5. The lowest BCUT2D eigenvalue weighted by Gasteiger charge is -2.52. The maximum absolute atomic E-state index is 13.7. The summed E-state index contributed by atoms with van der Waals surface area (Å²) in [7, 11) is 0. The predicted octanol–water partition coefficient (Wildman–Crippen LogP) is 3.59. The number of carbonyl (C=O) groups excluding carboxylic acids is 3. The Morgan fingerprint density at radius 1 is 0.915 bits per heavy atom. The van der Waals surface area contributed by atoms with Crippen LogP contribution in [0.1, 0.15) is 48.2 Å². The van der Waals surface area contributed by atoms with Crippen molar-refractivity contribution in [3.05, 3.63) is 102 Å². The number of piperidine rings is 3. The first-order chi connectivity index (χ1) is 22.2. The van der Waals surface area contributed by atoms with E-state index in [0.29, 0.717) is 29.8 Å². The summed E-state index contributed by atoms with van der Waals surface area (Å²) >= 11 is 0. The van der Waals surface area contributed by atoms with E-state index >= 15 is 0 Å². The molecule has 0 unspecified atom stereocenters. The van der Waals surface area contributed by atoms with E-state index in [4.69, 9.17) is 19.4 Å². The number of ether oxygens (including phenoxy) is 2. The summed E-state index contributed by atoms with van der Waals surface area (Å²) in [6.45, 7) is 7.92. The minimum absolute atomic E-state index is 0.0795. The van der Waals surface area contributed by atoms with Gasteiger partial charge in [0.05, 0.1) is 32.3 Å². The molecular formula is C35H39F3N2O7. The maximum Gasteiger partial charge on any atom is 0.430 e. The van der Waals surface area contributed by atoms with Gasteiger partial charge in [-0.2, -0.15) is 13.2 Å². The van der Waals surface area contributed by atoms with Crippen LogP contribution in [0.4, 0.5) is 13.2 Å². The van der Waals surface area contributed by atoms with Crippen molar-refractivity contribution in [1.29, 1.82) is 0 Å². The van der Waals surface area contributed by atoms with Crippen LogP contribution in [0.15, 0.2) is 84.9 Å². The number of nitrogens with zero attached hydrogens (tertiary/aromatic N) is 1. The van der Waals surface area contributed by atoms with Crippen LogP contribution < -0.4 is 15.2 Å². The number of carboxylic acids is 1. The summed E-state index contributed by atoms with van der Waals surface area (Å²) in [6.07, 6.45) is -3.48. The van der Waals surface area contributed by atoms with Gasteiger partial charge >= 0.3 is 12.1 Å². The molecular weight excluding hydrogens is 617 g/mol. The van der Waals surface area contributed by atoms with Gasteiger partial charge in [-0.25, -0.2) is 4.79 Å². The molecule has 0 radical (unpaired) electrons. The molecule has 3 aromatic carbocycles. The topological polar surface area (TPSA) is 125 Å². The fourth-order valence-corrected chi connectivity index (χ4v) is 6.12. The average molecular weight is 657 g/mol. The van der Waals surface area contributed by atoms with Crippen molar-refractivity contribution >= 4 is 17.8 Å². The third-order valence-corrected chi connectivity index (χ3v) is 8.57. The van der Waals surface area contributed by atoms with Gasteiger partial charge in [-0.15, -0.1) is 0 Å². The number of hydrogen-bond acceptors (Lipinski definition) is 7. The van der Waals surface area contributed by atoms with Crippen LogP contribution in [0.25, 0.3) is 0 Å². The van der Waals surface area contributed by atoms with E-state index in [1.807, 2.05) is 62.4 Å². The van der Waals surface area contributed by atoms with E-state index in [1.165, 1.54) is 0 Å². The Kier molecular flexibility index (Phi) is 11.3. The van der Waals surface area contributed by atoms with Crippen LogP contribution in [0.2, 0.25) is 0 Å². The fraction of sp³-hybridized carbons (Fsp3) is 0.400. The minimum Gasteiger partial charge on any atom is -0.542 e. The zero-order valence-electron chi connectivity index (χ0n) is 26.2. The Morgan fingerprint density at radius 2 is 1.43 bits per heavy atom. The number of benzene rings is 3. The van der Waals surface area contributed by atoms with Crippen molar-refractivity contribution in [3.63, 3.8) is 0 Å². The smallest absolute Gasteiger partial charge is 0.430 e. The van der Waals surface area contributed by atoms with Gasteiger partial charge in [0.1, 0.15) is 18.3 Å². The second-order valence-corrected chi connectivity index (χ2v) is 12.2. The van der Waals surface area contributed by atoms with E-state index in [0.717, 1.165) is 42.7 Å². The van der Waals surface area contributed by atoms with Crippen molar-refractivity contribution in [3.8, 4) is 5.75 Å². The van der Waals surface area contributed by atoms with E-state index in [-0.39, 0.29) is 24.0 Å². The highest BCUT2D eigenvalue weighted by molar-refractivity contribution is 5.94. The lowest BCUT2D eigenvalue weighted by molar-refractivity contribution is -0.945. The number of alkyl halides is 3. The quantitative estimate of drug-likeness (QED) is 0.253. The van der Waals surface area contributed by atoms with Gasteiger partial charge in [0.15, 0.2) is 6.10 Å². The second-order valence-electron chi connectivity index (χ2n) is 12.2. The van der Waals surface area contributed by atoms with Gasteiger partial charge < -0.3 is 34.3 Å².